The fourth-order valence-corrected chi connectivity index (χ4v) is 1.15. The summed E-state index contributed by atoms with van der Waals surface area (Å²) in [5.41, 5.74) is 0.678. The summed E-state index contributed by atoms with van der Waals surface area (Å²) >= 11 is 0. The summed E-state index contributed by atoms with van der Waals surface area (Å²) in [6, 6.07) is 0. The molecule has 13 heavy (non-hydrogen) atoms. The molecule has 0 saturated heterocycles. The molecule has 2 rings (SSSR count). The Morgan fingerprint density at radius 1 is 1.62 bits per heavy atom. The van der Waals surface area contributed by atoms with E-state index in [1.54, 1.807) is 23.7 Å². The number of hydrogen-bond donors (Lipinski definition) is 1. The minimum atomic E-state index is -0.972. The SMILES string of the molecule is Cc1nc2nccn2cc1C(=O)O. The molecule has 2 aromatic heterocycles. The Balaban J connectivity index is 2.76. The molecule has 0 aliphatic carbocycles. The maximum Gasteiger partial charge on any atom is 0.339 e. The molecule has 5 heteroatoms. The van der Waals surface area contributed by atoms with Crippen molar-refractivity contribution in [3.8, 4) is 0 Å². The summed E-state index contributed by atoms with van der Waals surface area (Å²) in [6.07, 6.45) is 4.74. The van der Waals surface area contributed by atoms with E-state index in [-0.39, 0.29) is 5.56 Å². The van der Waals surface area contributed by atoms with Crippen LogP contribution in [0.4, 0.5) is 0 Å². The molecule has 0 aliphatic rings. The quantitative estimate of drug-likeness (QED) is 0.697. The van der Waals surface area contributed by atoms with Crippen molar-refractivity contribution in [3.63, 3.8) is 0 Å². The molecule has 0 radical (unpaired) electrons. The second-order valence-electron chi connectivity index (χ2n) is 2.68. The van der Waals surface area contributed by atoms with Crippen LogP contribution in [0.1, 0.15) is 16.1 Å². The molecule has 0 spiro atoms. The molecule has 1 N–H and O–H groups in total. The van der Waals surface area contributed by atoms with E-state index in [1.807, 2.05) is 0 Å². The van der Waals surface area contributed by atoms with Crippen molar-refractivity contribution in [2.24, 2.45) is 0 Å². The fraction of sp³-hybridized carbons (Fsp3) is 0.125. The first kappa shape index (κ1) is 7.72. The molecule has 0 aliphatic heterocycles. The highest BCUT2D eigenvalue weighted by Gasteiger charge is 2.09. The number of aryl methyl sites for hydroxylation is 1. The lowest BCUT2D eigenvalue weighted by atomic mass is 10.2. The fourth-order valence-electron chi connectivity index (χ4n) is 1.15. The van der Waals surface area contributed by atoms with Gasteiger partial charge in [-0.3, -0.25) is 4.40 Å². The van der Waals surface area contributed by atoms with Crippen molar-refractivity contribution in [2.45, 2.75) is 6.92 Å². The van der Waals surface area contributed by atoms with Gasteiger partial charge in [-0.1, -0.05) is 0 Å². The number of hydrogen-bond acceptors (Lipinski definition) is 3. The Bertz CT molecular complexity index is 475. The first-order valence-electron chi connectivity index (χ1n) is 3.72. The normalized spacial score (nSPS) is 10.5. The second-order valence-corrected chi connectivity index (χ2v) is 2.68. The smallest absolute Gasteiger partial charge is 0.339 e. The third-order valence-corrected chi connectivity index (χ3v) is 1.80. The van der Waals surface area contributed by atoms with Crippen LogP contribution in [0.15, 0.2) is 18.6 Å². The highest BCUT2D eigenvalue weighted by atomic mass is 16.4. The lowest BCUT2D eigenvalue weighted by Gasteiger charge is -1.99. The van der Waals surface area contributed by atoms with Crippen LogP contribution >= 0.6 is 0 Å². The van der Waals surface area contributed by atoms with Gasteiger partial charge < -0.3 is 5.11 Å². The van der Waals surface area contributed by atoms with Gasteiger partial charge in [0.25, 0.3) is 0 Å². The molecular weight excluding hydrogens is 170 g/mol. The number of carbonyl (C=O) groups is 1. The van der Waals surface area contributed by atoms with Crippen LogP contribution in [0.2, 0.25) is 0 Å². The third kappa shape index (κ3) is 1.14. The monoisotopic (exact) mass is 177 g/mol. The van der Waals surface area contributed by atoms with E-state index in [4.69, 9.17) is 5.11 Å². The first-order chi connectivity index (χ1) is 6.18. The molecule has 0 bridgehead atoms. The van der Waals surface area contributed by atoms with E-state index in [0.29, 0.717) is 11.5 Å². The minimum absolute atomic E-state index is 0.200. The van der Waals surface area contributed by atoms with Crippen LogP contribution < -0.4 is 0 Å². The van der Waals surface area contributed by atoms with Gasteiger partial charge >= 0.3 is 5.97 Å². The average molecular weight is 177 g/mol. The van der Waals surface area contributed by atoms with Crippen LogP contribution in [0.3, 0.4) is 0 Å². The molecule has 0 fully saturated rings. The largest absolute Gasteiger partial charge is 0.478 e. The number of aromatic carboxylic acids is 1. The van der Waals surface area contributed by atoms with Gasteiger partial charge in [0.2, 0.25) is 5.78 Å². The van der Waals surface area contributed by atoms with Crippen LogP contribution in [0, 0.1) is 6.92 Å². The molecule has 0 aromatic carbocycles. The number of carboxylic acids is 1. The Labute approximate surface area is 73.7 Å². The van der Waals surface area contributed by atoms with Gasteiger partial charge in [0.1, 0.15) is 0 Å². The predicted octanol–water partition coefficient (Wildman–Crippen LogP) is 0.736. The summed E-state index contributed by atoms with van der Waals surface area (Å²) in [7, 11) is 0. The summed E-state index contributed by atoms with van der Waals surface area (Å²) in [4.78, 5) is 18.7. The van der Waals surface area contributed by atoms with Crippen molar-refractivity contribution in [3.05, 3.63) is 29.8 Å². The van der Waals surface area contributed by atoms with Crippen molar-refractivity contribution in [2.75, 3.05) is 0 Å². The molecule has 5 nitrogen and oxygen atoms in total. The maximum absolute atomic E-state index is 10.7. The van der Waals surface area contributed by atoms with Gasteiger partial charge in [0, 0.05) is 18.6 Å². The van der Waals surface area contributed by atoms with E-state index in [0.717, 1.165) is 0 Å². The van der Waals surface area contributed by atoms with Crippen molar-refractivity contribution < 1.29 is 9.90 Å². The van der Waals surface area contributed by atoms with E-state index in [1.165, 1.54) is 6.20 Å². The lowest BCUT2D eigenvalue weighted by molar-refractivity contribution is 0.0695. The van der Waals surface area contributed by atoms with Crippen molar-refractivity contribution >= 4 is 11.7 Å². The van der Waals surface area contributed by atoms with Crippen LogP contribution in [0.25, 0.3) is 5.78 Å². The van der Waals surface area contributed by atoms with Gasteiger partial charge in [-0.2, -0.15) is 0 Å². The number of imidazole rings is 1. The van der Waals surface area contributed by atoms with Crippen LogP contribution in [0.5, 0.6) is 0 Å². The molecule has 2 aromatic rings. The van der Waals surface area contributed by atoms with Crippen LogP contribution in [-0.2, 0) is 0 Å². The van der Waals surface area contributed by atoms with E-state index in [9.17, 15) is 4.79 Å². The second kappa shape index (κ2) is 2.55. The van der Waals surface area contributed by atoms with Crippen molar-refractivity contribution in [1.82, 2.24) is 14.4 Å². The maximum atomic E-state index is 10.7. The predicted molar refractivity (Wildman–Crippen MR) is 44.7 cm³/mol. The number of aromatic nitrogens is 3. The van der Waals surface area contributed by atoms with E-state index >= 15 is 0 Å². The molecule has 0 unspecified atom stereocenters. The average Bonchev–Trinajstić information content (AvgIpc) is 2.48. The van der Waals surface area contributed by atoms with E-state index < -0.39 is 5.97 Å². The van der Waals surface area contributed by atoms with Gasteiger partial charge in [-0.05, 0) is 6.92 Å². The zero-order valence-electron chi connectivity index (χ0n) is 6.93. The first-order valence-corrected chi connectivity index (χ1v) is 3.72. The lowest BCUT2D eigenvalue weighted by Crippen LogP contribution is -2.04. The highest BCUT2D eigenvalue weighted by molar-refractivity contribution is 5.88. The standard InChI is InChI=1S/C8H7N3O2/c1-5-6(7(12)13)4-11-3-2-9-8(11)10-5/h2-4H,1H3,(H,12,13). The molecule has 0 atom stereocenters. The summed E-state index contributed by atoms with van der Waals surface area (Å²) < 4.78 is 1.58. The Morgan fingerprint density at radius 2 is 2.38 bits per heavy atom. The molecule has 0 amide bonds. The summed E-state index contributed by atoms with van der Waals surface area (Å²) in [5.74, 6) is -0.455. The Kier molecular flexibility index (Phi) is 1.51. The zero-order valence-corrected chi connectivity index (χ0v) is 6.93. The third-order valence-electron chi connectivity index (χ3n) is 1.80. The van der Waals surface area contributed by atoms with Gasteiger partial charge in [0.15, 0.2) is 0 Å². The van der Waals surface area contributed by atoms with Gasteiger partial charge in [-0.25, -0.2) is 14.8 Å². The number of rotatable bonds is 1. The zero-order chi connectivity index (χ0) is 9.42. The molecule has 66 valence electrons. The number of carboxylic acid groups (broad SMARTS) is 1. The summed E-state index contributed by atoms with van der Waals surface area (Å²) in [6.45, 7) is 1.65. The molecule has 2 heterocycles. The minimum Gasteiger partial charge on any atom is -0.478 e. The highest BCUT2D eigenvalue weighted by Crippen LogP contribution is 2.06. The van der Waals surface area contributed by atoms with Crippen LogP contribution in [-0.4, -0.2) is 25.4 Å². The number of nitrogens with zero attached hydrogens (tertiary/aromatic N) is 3. The van der Waals surface area contributed by atoms with Gasteiger partial charge in [0.05, 0.1) is 11.3 Å². The molecular formula is C8H7N3O2. The summed E-state index contributed by atoms with van der Waals surface area (Å²) in [5, 5.41) is 8.79. The Morgan fingerprint density at radius 3 is 3.08 bits per heavy atom. The number of fused-ring (bicyclic) bond motifs is 1. The van der Waals surface area contributed by atoms with Gasteiger partial charge in [-0.15, -0.1) is 0 Å². The Hall–Kier alpha value is -1.91. The topological polar surface area (TPSA) is 67.5 Å². The molecule has 0 saturated carbocycles. The van der Waals surface area contributed by atoms with Crippen molar-refractivity contribution in [1.29, 1.82) is 0 Å². The van der Waals surface area contributed by atoms with E-state index in [2.05, 4.69) is 9.97 Å².